The number of aliphatic hydroxyl groups is 1. The topological polar surface area (TPSA) is 65.1 Å². The van der Waals surface area contributed by atoms with Crippen LogP contribution in [0.5, 0.6) is 0 Å². The first kappa shape index (κ1) is 13.1. The fourth-order valence-electron chi connectivity index (χ4n) is 3.25. The van der Waals surface area contributed by atoms with E-state index in [0.717, 1.165) is 22.0 Å². The SMILES string of the molecule is O=C(NC1c2ccccc2CC1O)c1cccc2[nH]ccc12. The maximum absolute atomic E-state index is 12.6. The Labute approximate surface area is 127 Å². The molecule has 0 bridgehead atoms. The van der Waals surface area contributed by atoms with Crippen LogP contribution in [0.25, 0.3) is 10.9 Å². The standard InChI is InChI=1S/C18H16N2O2/c21-16-10-11-4-1-2-5-12(11)17(16)20-18(22)14-6-3-7-15-13(14)8-9-19-15/h1-9,16-17,19,21H,10H2,(H,20,22). The van der Waals surface area contributed by atoms with Crippen molar-refractivity contribution in [3.8, 4) is 0 Å². The highest BCUT2D eigenvalue weighted by molar-refractivity contribution is 6.06. The Morgan fingerprint density at radius 1 is 1.14 bits per heavy atom. The molecule has 4 heteroatoms. The van der Waals surface area contributed by atoms with Crippen molar-refractivity contribution in [1.82, 2.24) is 10.3 Å². The van der Waals surface area contributed by atoms with Crippen molar-refractivity contribution in [2.24, 2.45) is 0 Å². The third kappa shape index (κ3) is 2.00. The van der Waals surface area contributed by atoms with Crippen LogP contribution < -0.4 is 5.32 Å². The van der Waals surface area contributed by atoms with E-state index < -0.39 is 6.10 Å². The minimum atomic E-state index is -0.577. The second kappa shape index (κ2) is 5.00. The molecule has 110 valence electrons. The van der Waals surface area contributed by atoms with E-state index in [1.165, 1.54) is 0 Å². The van der Waals surface area contributed by atoms with Crippen molar-refractivity contribution in [1.29, 1.82) is 0 Å². The third-order valence-electron chi connectivity index (χ3n) is 4.33. The van der Waals surface area contributed by atoms with Crippen LogP contribution in [0.1, 0.15) is 27.5 Å². The number of nitrogens with one attached hydrogen (secondary N) is 2. The van der Waals surface area contributed by atoms with E-state index in [-0.39, 0.29) is 11.9 Å². The average molecular weight is 292 g/mol. The number of fused-ring (bicyclic) bond motifs is 2. The Bertz CT molecular complexity index is 853. The summed E-state index contributed by atoms with van der Waals surface area (Å²) >= 11 is 0. The number of hydrogen-bond donors (Lipinski definition) is 3. The van der Waals surface area contributed by atoms with Crippen LogP contribution in [0.4, 0.5) is 0 Å². The zero-order valence-electron chi connectivity index (χ0n) is 11.9. The van der Waals surface area contributed by atoms with Crippen molar-refractivity contribution in [3.63, 3.8) is 0 Å². The van der Waals surface area contributed by atoms with Gasteiger partial charge in [-0.25, -0.2) is 0 Å². The highest BCUT2D eigenvalue weighted by atomic mass is 16.3. The molecule has 1 aliphatic carbocycles. The van der Waals surface area contributed by atoms with Gasteiger partial charge in [0.05, 0.1) is 12.1 Å². The molecular weight excluding hydrogens is 276 g/mol. The summed E-state index contributed by atoms with van der Waals surface area (Å²) in [6.07, 6.45) is 1.82. The van der Waals surface area contributed by atoms with Gasteiger partial charge in [0.1, 0.15) is 0 Å². The number of benzene rings is 2. The number of amides is 1. The van der Waals surface area contributed by atoms with Gasteiger partial charge in [-0.15, -0.1) is 0 Å². The van der Waals surface area contributed by atoms with Gasteiger partial charge >= 0.3 is 0 Å². The van der Waals surface area contributed by atoms with Gasteiger partial charge in [0, 0.05) is 29.1 Å². The Balaban J connectivity index is 1.66. The molecule has 0 fully saturated rings. The molecule has 1 amide bonds. The van der Waals surface area contributed by atoms with Crippen LogP contribution >= 0.6 is 0 Å². The van der Waals surface area contributed by atoms with Crippen LogP contribution in [0.3, 0.4) is 0 Å². The normalized spacial score (nSPS) is 20.0. The number of carbonyl (C=O) groups is 1. The molecule has 4 rings (SSSR count). The maximum atomic E-state index is 12.6. The summed E-state index contributed by atoms with van der Waals surface area (Å²) in [6.45, 7) is 0. The van der Waals surface area contributed by atoms with Crippen molar-refractivity contribution >= 4 is 16.8 Å². The summed E-state index contributed by atoms with van der Waals surface area (Å²) in [6, 6.07) is 15.0. The first-order valence-electron chi connectivity index (χ1n) is 7.37. The molecule has 0 radical (unpaired) electrons. The lowest BCUT2D eigenvalue weighted by molar-refractivity contribution is 0.0860. The highest BCUT2D eigenvalue weighted by Crippen LogP contribution is 2.31. The summed E-state index contributed by atoms with van der Waals surface area (Å²) in [7, 11) is 0. The summed E-state index contributed by atoms with van der Waals surface area (Å²) in [5, 5.41) is 14.1. The first-order chi connectivity index (χ1) is 10.7. The van der Waals surface area contributed by atoms with E-state index in [4.69, 9.17) is 0 Å². The maximum Gasteiger partial charge on any atom is 0.252 e. The largest absolute Gasteiger partial charge is 0.390 e. The fraction of sp³-hybridized carbons (Fsp3) is 0.167. The van der Waals surface area contributed by atoms with Gasteiger partial charge in [-0.2, -0.15) is 0 Å². The summed E-state index contributed by atoms with van der Waals surface area (Å²) in [5.74, 6) is -0.161. The second-order valence-electron chi connectivity index (χ2n) is 5.67. The summed E-state index contributed by atoms with van der Waals surface area (Å²) in [5.41, 5.74) is 3.65. The van der Waals surface area contributed by atoms with E-state index >= 15 is 0 Å². The van der Waals surface area contributed by atoms with Crippen LogP contribution in [0.2, 0.25) is 0 Å². The smallest absolute Gasteiger partial charge is 0.252 e. The minimum Gasteiger partial charge on any atom is -0.390 e. The summed E-state index contributed by atoms with van der Waals surface area (Å²) < 4.78 is 0. The van der Waals surface area contributed by atoms with Crippen LogP contribution in [-0.4, -0.2) is 22.1 Å². The predicted molar refractivity (Wildman–Crippen MR) is 84.7 cm³/mol. The van der Waals surface area contributed by atoms with Gasteiger partial charge < -0.3 is 15.4 Å². The zero-order chi connectivity index (χ0) is 15.1. The fourth-order valence-corrected chi connectivity index (χ4v) is 3.25. The van der Waals surface area contributed by atoms with Crippen LogP contribution in [0, 0.1) is 0 Å². The molecule has 3 N–H and O–H groups in total. The number of H-pyrrole nitrogens is 1. The molecular formula is C18H16N2O2. The molecule has 1 heterocycles. The van der Waals surface area contributed by atoms with Crippen molar-refractivity contribution in [3.05, 3.63) is 71.4 Å². The molecule has 2 aromatic carbocycles. The molecule has 2 unspecified atom stereocenters. The lowest BCUT2D eigenvalue weighted by atomic mass is 10.1. The molecule has 4 nitrogen and oxygen atoms in total. The second-order valence-corrected chi connectivity index (χ2v) is 5.67. The monoisotopic (exact) mass is 292 g/mol. The Morgan fingerprint density at radius 3 is 2.91 bits per heavy atom. The third-order valence-corrected chi connectivity index (χ3v) is 4.33. The lowest BCUT2D eigenvalue weighted by Gasteiger charge is -2.18. The Hall–Kier alpha value is -2.59. The Morgan fingerprint density at radius 2 is 2.00 bits per heavy atom. The zero-order valence-corrected chi connectivity index (χ0v) is 11.9. The molecule has 0 spiro atoms. The van der Waals surface area contributed by atoms with Crippen LogP contribution in [-0.2, 0) is 6.42 Å². The van der Waals surface area contributed by atoms with Gasteiger partial charge in [-0.05, 0) is 29.3 Å². The van der Waals surface area contributed by atoms with E-state index in [1.54, 1.807) is 6.07 Å². The van der Waals surface area contributed by atoms with Crippen molar-refractivity contribution in [2.75, 3.05) is 0 Å². The molecule has 0 saturated heterocycles. The van der Waals surface area contributed by atoms with Crippen LogP contribution in [0.15, 0.2) is 54.7 Å². The Kier molecular flexibility index (Phi) is 2.98. The van der Waals surface area contributed by atoms with E-state index in [9.17, 15) is 9.90 Å². The molecule has 1 aliphatic rings. The average Bonchev–Trinajstić information content (AvgIpc) is 3.12. The lowest BCUT2D eigenvalue weighted by Crippen LogP contribution is -2.33. The number of aromatic nitrogens is 1. The molecule has 0 saturated carbocycles. The van der Waals surface area contributed by atoms with Crippen molar-refractivity contribution in [2.45, 2.75) is 18.6 Å². The molecule has 1 aromatic heterocycles. The molecule has 2 atom stereocenters. The van der Waals surface area contributed by atoms with Gasteiger partial charge in [0.25, 0.3) is 5.91 Å². The number of aromatic amines is 1. The summed E-state index contributed by atoms with van der Waals surface area (Å²) in [4.78, 5) is 15.7. The minimum absolute atomic E-state index is 0.161. The number of rotatable bonds is 2. The molecule has 22 heavy (non-hydrogen) atoms. The van der Waals surface area contributed by atoms with E-state index in [1.807, 2.05) is 48.7 Å². The quantitative estimate of drug-likeness (QED) is 0.679. The number of carbonyl (C=O) groups excluding carboxylic acids is 1. The molecule has 0 aliphatic heterocycles. The molecule has 3 aromatic rings. The number of aliphatic hydroxyl groups excluding tert-OH is 1. The number of hydrogen-bond acceptors (Lipinski definition) is 2. The van der Waals surface area contributed by atoms with E-state index in [2.05, 4.69) is 10.3 Å². The predicted octanol–water partition coefficient (Wildman–Crippen LogP) is 2.56. The van der Waals surface area contributed by atoms with E-state index in [0.29, 0.717) is 12.0 Å². The first-order valence-corrected chi connectivity index (χ1v) is 7.37. The highest BCUT2D eigenvalue weighted by Gasteiger charge is 2.32. The van der Waals surface area contributed by atoms with Crippen molar-refractivity contribution < 1.29 is 9.90 Å². The van der Waals surface area contributed by atoms with Gasteiger partial charge in [-0.1, -0.05) is 30.3 Å². The van der Waals surface area contributed by atoms with Gasteiger partial charge in [0.2, 0.25) is 0 Å². The van der Waals surface area contributed by atoms with Gasteiger partial charge in [0.15, 0.2) is 0 Å². The van der Waals surface area contributed by atoms with Gasteiger partial charge in [-0.3, -0.25) is 4.79 Å².